The van der Waals surface area contributed by atoms with E-state index in [4.69, 9.17) is 18.0 Å². The number of alkyl halides is 2. The van der Waals surface area contributed by atoms with E-state index in [-0.39, 0.29) is 24.7 Å². The summed E-state index contributed by atoms with van der Waals surface area (Å²) in [4.78, 5) is 16.7. The van der Waals surface area contributed by atoms with Crippen LogP contribution in [0.25, 0.3) is 0 Å². The van der Waals surface area contributed by atoms with Gasteiger partial charge in [-0.15, -0.1) is 0 Å². The van der Waals surface area contributed by atoms with Crippen LogP contribution in [-0.4, -0.2) is 59.3 Å². The van der Waals surface area contributed by atoms with E-state index < -0.39 is 5.92 Å². The third-order valence-electron chi connectivity index (χ3n) is 4.13. The van der Waals surface area contributed by atoms with Crippen LogP contribution >= 0.6 is 12.2 Å². The molecule has 0 radical (unpaired) electrons. The molecule has 7 heteroatoms. The first-order valence-electron chi connectivity index (χ1n) is 7.05. The van der Waals surface area contributed by atoms with Gasteiger partial charge in [-0.1, -0.05) is 12.2 Å². The molecule has 0 unspecified atom stereocenters. The Morgan fingerprint density at radius 3 is 2.25 bits per heavy atom. The topological polar surface area (TPSA) is 49.6 Å². The Bertz CT molecular complexity index is 374. The molecule has 0 bridgehead atoms. The molecule has 0 aromatic heterocycles. The molecule has 0 spiro atoms. The van der Waals surface area contributed by atoms with Gasteiger partial charge in [0.05, 0.1) is 4.99 Å². The molecule has 114 valence electrons. The molecule has 4 nitrogen and oxygen atoms in total. The summed E-state index contributed by atoms with van der Waals surface area (Å²) in [6, 6.07) is 0. The molecule has 1 aliphatic carbocycles. The number of nitrogens with zero attached hydrogens (tertiary/aromatic N) is 2. The number of rotatable bonds is 3. The Hall–Kier alpha value is -0.820. The molecule has 1 saturated heterocycles. The molecule has 1 aliphatic heterocycles. The zero-order valence-electron chi connectivity index (χ0n) is 11.5. The SMILES string of the molecule is NC(=S)CN1CCN(C(=O)C2CCC(F)(F)CC2)CC1. The highest BCUT2D eigenvalue weighted by atomic mass is 32.1. The van der Waals surface area contributed by atoms with Crippen LogP contribution in [0.1, 0.15) is 25.7 Å². The van der Waals surface area contributed by atoms with Crippen LogP contribution < -0.4 is 5.73 Å². The Morgan fingerprint density at radius 2 is 1.75 bits per heavy atom. The minimum atomic E-state index is -2.58. The van der Waals surface area contributed by atoms with E-state index in [1.165, 1.54) is 0 Å². The number of carbonyl (C=O) groups is 1. The van der Waals surface area contributed by atoms with Crippen molar-refractivity contribution in [2.75, 3.05) is 32.7 Å². The average molecular weight is 305 g/mol. The van der Waals surface area contributed by atoms with Gasteiger partial charge in [-0.2, -0.15) is 0 Å². The van der Waals surface area contributed by atoms with Gasteiger partial charge in [0.25, 0.3) is 0 Å². The zero-order valence-corrected chi connectivity index (χ0v) is 12.3. The summed E-state index contributed by atoms with van der Waals surface area (Å²) >= 11 is 4.87. The number of nitrogens with two attached hydrogens (primary N) is 1. The van der Waals surface area contributed by atoms with Crippen LogP contribution in [0.5, 0.6) is 0 Å². The van der Waals surface area contributed by atoms with Crippen molar-refractivity contribution >= 4 is 23.1 Å². The maximum absolute atomic E-state index is 13.1. The fourth-order valence-corrected chi connectivity index (χ4v) is 3.07. The van der Waals surface area contributed by atoms with Crippen molar-refractivity contribution < 1.29 is 13.6 Å². The van der Waals surface area contributed by atoms with Crippen molar-refractivity contribution in [1.82, 2.24) is 9.80 Å². The van der Waals surface area contributed by atoms with Gasteiger partial charge in [0.1, 0.15) is 0 Å². The van der Waals surface area contributed by atoms with E-state index in [1.54, 1.807) is 4.90 Å². The van der Waals surface area contributed by atoms with Crippen LogP contribution in [-0.2, 0) is 4.79 Å². The van der Waals surface area contributed by atoms with Crippen LogP contribution in [0.3, 0.4) is 0 Å². The Labute approximate surface area is 123 Å². The normalized spacial score (nSPS) is 24.6. The van der Waals surface area contributed by atoms with E-state index >= 15 is 0 Å². The number of piperazine rings is 1. The largest absolute Gasteiger partial charge is 0.392 e. The maximum atomic E-state index is 13.1. The van der Waals surface area contributed by atoms with E-state index in [9.17, 15) is 13.6 Å². The summed E-state index contributed by atoms with van der Waals surface area (Å²) in [6.45, 7) is 3.33. The molecule has 20 heavy (non-hydrogen) atoms. The molecule has 1 amide bonds. The molecule has 2 fully saturated rings. The molecule has 2 N–H and O–H groups in total. The quantitative estimate of drug-likeness (QED) is 0.797. The van der Waals surface area contributed by atoms with E-state index in [1.807, 2.05) is 0 Å². The fourth-order valence-electron chi connectivity index (χ4n) is 2.89. The summed E-state index contributed by atoms with van der Waals surface area (Å²) in [5.41, 5.74) is 5.50. The molecule has 0 aromatic carbocycles. The van der Waals surface area contributed by atoms with Crippen LogP contribution in [0.2, 0.25) is 0 Å². The maximum Gasteiger partial charge on any atom is 0.248 e. The second kappa shape index (κ2) is 6.30. The second-order valence-electron chi connectivity index (χ2n) is 5.70. The van der Waals surface area contributed by atoms with Crippen molar-refractivity contribution in [2.45, 2.75) is 31.6 Å². The lowest BCUT2D eigenvalue weighted by Crippen LogP contribution is -2.52. The average Bonchev–Trinajstić information content (AvgIpc) is 2.38. The lowest BCUT2D eigenvalue weighted by atomic mass is 9.86. The molecule has 1 saturated carbocycles. The standard InChI is InChI=1S/C13H21F2N3OS/c14-13(15)3-1-10(2-4-13)12(19)18-7-5-17(6-8-18)9-11(16)20/h10H,1-9H2,(H2,16,20). The summed E-state index contributed by atoms with van der Waals surface area (Å²) in [6.07, 6.45) is 0.285. The van der Waals surface area contributed by atoms with Gasteiger partial charge in [-0.3, -0.25) is 9.69 Å². The minimum Gasteiger partial charge on any atom is -0.392 e. The highest BCUT2D eigenvalue weighted by Crippen LogP contribution is 2.36. The number of hydrogen-bond donors (Lipinski definition) is 1. The van der Waals surface area contributed by atoms with E-state index in [0.717, 1.165) is 13.1 Å². The fraction of sp³-hybridized carbons (Fsp3) is 0.846. The van der Waals surface area contributed by atoms with Crippen molar-refractivity contribution in [3.63, 3.8) is 0 Å². The van der Waals surface area contributed by atoms with Gasteiger partial charge < -0.3 is 10.6 Å². The predicted molar refractivity (Wildman–Crippen MR) is 76.7 cm³/mol. The first-order chi connectivity index (χ1) is 9.37. The lowest BCUT2D eigenvalue weighted by molar-refractivity contribution is -0.141. The summed E-state index contributed by atoms with van der Waals surface area (Å²) in [7, 11) is 0. The van der Waals surface area contributed by atoms with E-state index in [2.05, 4.69) is 4.90 Å². The lowest BCUT2D eigenvalue weighted by Gasteiger charge is -2.37. The van der Waals surface area contributed by atoms with Gasteiger partial charge in [-0.25, -0.2) is 8.78 Å². The van der Waals surface area contributed by atoms with Crippen molar-refractivity contribution in [2.24, 2.45) is 11.7 Å². The number of amides is 1. The molecule has 1 heterocycles. The molecule has 2 aliphatic rings. The molecular weight excluding hydrogens is 284 g/mol. The van der Waals surface area contributed by atoms with Gasteiger partial charge in [0.15, 0.2) is 0 Å². The third-order valence-corrected chi connectivity index (χ3v) is 4.26. The van der Waals surface area contributed by atoms with Crippen molar-refractivity contribution in [3.8, 4) is 0 Å². The number of carbonyl (C=O) groups excluding carboxylic acids is 1. The van der Waals surface area contributed by atoms with Crippen LogP contribution in [0.4, 0.5) is 8.78 Å². The van der Waals surface area contributed by atoms with E-state index in [0.29, 0.717) is 37.5 Å². The molecule has 0 aromatic rings. The summed E-state index contributed by atoms with van der Waals surface area (Å²) in [5.74, 6) is -2.76. The van der Waals surface area contributed by atoms with Crippen molar-refractivity contribution in [3.05, 3.63) is 0 Å². The second-order valence-corrected chi connectivity index (χ2v) is 6.22. The zero-order chi connectivity index (χ0) is 14.8. The van der Waals surface area contributed by atoms with Crippen LogP contribution in [0.15, 0.2) is 0 Å². The molecular formula is C13H21F2N3OS. The third kappa shape index (κ3) is 4.09. The smallest absolute Gasteiger partial charge is 0.248 e. The Balaban J connectivity index is 1.79. The van der Waals surface area contributed by atoms with Gasteiger partial charge >= 0.3 is 0 Å². The van der Waals surface area contributed by atoms with Crippen LogP contribution in [0, 0.1) is 5.92 Å². The van der Waals surface area contributed by atoms with Gasteiger partial charge in [-0.05, 0) is 12.8 Å². The van der Waals surface area contributed by atoms with Crippen molar-refractivity contribution in [1.29, 1.82) is 0 Å². The minimum absolute atomic E-state index is 0.0375. The summed E-state index contributed by atoms with van der Waals surface area (Å²) in [5, 5.41) is 0. The molecule has 2 rings (SSSR count). The Kier molecular flexibility index (Phi) is 4.90. The predicted octanol–water partition coefficient (Wildman–Crippen LogP) is 1.24. The highest BCUT2D eigenvalue weighted by Gasteiger charge is 2.39. The Morgan fingerprint density at radius 1 is 1.20 bits per heavy atom. The summed E-state index contributed by atoms with van der Waals surface area (Å²) < 4.78 is 26.2. The highest BCUT2D eigenvalue weighted by molar-refractivity contribution is 7.80. The number of halogens is 2. The monoisotopic (exact) mass is 305 g/mol. The first kappa shape index (κ1) is 15.6. The number of hydrogen-bond acceptors (Lipinski definition) is 3. The van der Waals surface area contributed by atoms with Gasteiger partial charge in [0, 0.05) is 51.5 Å². The number of thiocarbonyl (C=S) groups is 1. The molecule has 0 atom stereocenters. The van der Waals surface area contributed by atoms with Gasteiger partial charge in [0.2, 0.25) is 11.8 Å². The first-order valence-corrected chi connectivity index (χ1v) is 7.45.